The summed E-state index contributed by atoms with van der Waals surface area (Å²) in [5.41, 5.74) is 8.08. The third kappa shape index (κ3) is 10.5. The highest BCUT2D eigenvalue weighted by molar-refractivity contribution is 7.86. The minimum Gasteiger partial charge on any atom is -0.505 e. The van der Waals surface area contributed by atoms with Crippen LogP contribution in [0.3, 0.4) is 0 Å². The lowest BCUT2D eigenvalue weighted by Crippen LogP contribution is -2.01. The van der Waals surface area contributed by atoms with Crippen LogP contribution in [0.1, 0.15) is 22.3 Å². The first-order chi connectivity index (χ1) is 32.4. The molecule has 8 aromatic rings. The molecular formula is C49H41N9O8S2. The van der Waals surface area contributed by atoms with Crippen molar-refractivity contribution in [3.05, 3.63) is 156 Å². The van der Waals surface area contributed by atoms with Crippen LogP contribution in [0.25, 0.3) is 21.5 Å². The van der Waals surface area contributed by atoms with Crippen molar-refractivity contribution >= 4 is 98.7 Å². The van der Waals surface area contributed by atoms with Crippen molar-refractivity contribution in [2.45, 2.75) is 37.5 Å². The number of anilines is 2. The van der Waals surface area contributed by atoms with Crippen LogP contribution in [0.15, 0.2) is 184 Å². The number of aromatic hydroxyl groups is 1. The zero-order valence-electron chi connectivity index (χ0n) is 37.0. The third-order valence-electron chi connectivity index (χ3n) is 10.8. The average Bonchev–Trinajstić information content (AvgIpc) is 3.30. The van der Waals surface area contributed by atoms with E-state index in [0.717, 1.165) is 57.4 Å². The molecule has 0 aliphatic carbocycles. The van der Waals surface area contributed by atoms with Gasteiger partial charge in [0.2, 0.25) is 0 Å². The van der Waals surface area contributed by atoms with E-state index in [1.807, 2.05) is 87.5 Å². The van der Waals surface area contributed by atoms with Gasteiger partial charge in [0.1, 0.15) is 26.9 Å². The van der Waals surface area contributed by atoms with E-state index in [4.69, 9.17) is 4.74 Å². The Hall–Kier alpha value is -8.10. The van der Waals surface area contributed by atoms with Crippen LogP contribution >= 0.6 is 0 Å². The summed E-state index contributed by atoms with van der Waals surface area (Å²) in [6.45, 7) is 7.40. The number of phenolic OH excluding ortho intramolecular Hbond substituents is 1. The van der Waals surface area contributed by atoms with Crippen LogP contribution in [0, 0.1) is 27.7 Å². The molecule has 0 atom stereocenters. The molecule has 0 heterocycles. The van der Waals surface area contributed by atoms with Gasteiger partial charge in [-0.05, 0) is 176 Å². The Labute approximate surface area is 390 Å². The number of ether oxygens (including phenoxy) is 1. The molecule has 0 aliphatic heterocycles. The van der Waals surface area contributed by atoms with Crippen LogP contribution in [0.2, 0.25) is 0 Å². The molecule has 0 unspecified atom stereocenters. The summed E-state index contributed by atoms with van der Waals surface area (Å²) in [7, 11) is -7.84. The molecule has 8 rings (SSSR count). The molecule has 0 saturated heterocycles. The number of aryl methyl sites for hydroxylation is 4. The molecule has 0 amide bonds. The van der Waals surface area contributed by atoms with Gasteiger partial charge in [-0.3, -0.25) is 9.11 Å². The third-order valence-corrected chi connectivity index (χ3v) is 12.6. The first-order valence-electron chi connectivity index (χ1n) is 20.6. The quantitative estimate of drug-likeness (QED) is 0.0633. The highest BCUT2D eigenvalue weighted by Crippen LogP contribution is 2.39. The molecule has 0 spiro atoms. The number of azo groups is 4. The number of hydrogen-bond acceptors (Lipinski definition) is 15. The summed E-state index contributed by atoms with van der Waals surface area (Å²) < 4.78 is 73.3. The lowest BCUT2D eigenvalue weighted by Gasteiger charge is -2.10. The minimum absolute atomic E-state index is 0.0111. The number of hydrogen-bond donors (Lipinski definition) is 4. The van der Waals surface area contributed by atoms with Crippen molar-refractivity contribution in [1.82, 2.24) is 0 Å². The molecule has 0 aliphatic rings. The fraction of sp³-hybridized carbons (Fsp3) is 0.102. The predicted molar refractivity (Wildman–Crippen MR) is 260 cm³/mol. The summed E-state index contributed by atoms with van der Waals surface area (Å²) in [6, 6.07) is 37.0. The molecule has 8 aromatic carbocycles. The Morgan fingerprint density at radius 3 is 1.53 bits per heavy atom. The number of benzene rings is 8. The molecule has 0 radical (unpaired) electrons. The van der Waals surface area contributed by atoms with Gasteiger partial charge < -0.3 is 15.2 Å². The number of methoxy groups -OCH3 is 1. The number of nitrogens with one attached hydrogen (secondary N) is 1. The molecule has 342 valence electrons. The Kier molecular flexibility index (Phi) is 13.0. The maximum absolute atomic E-state index is 12.2. The number of fused-ring (bicyclic) bond motifs is 2. The van der Waals surface area contributed by atoms with E-state index < -0.39 is 30.0 Å². The zero-order chi connectivity index (χ0) is 48.3. The van der Waals surface area contributed by atoms with Crippen molar-refractivity contribution in [2.24, 2.45) is 40.9 Å². The Morgan fingerprint density at radius 1 is 0.441 bits per heavy atom. The lowest BCUT2D eigenvalue weighted by molar-refractivity contribution is 0.415. The molecule has 4 N–H and O–H groups in total. The zero-order valence-corrected chi connectivity index (χ0v) is 38.6. The van der Waals surface area contributed by atoms with Gasteiger partial charge in [-0.2, -0.15) is 47.5 Å². The Bertz CT molecular complexity index is 3650. The van der Waals surface area contributed by atoms with Crippen LogP contribution in [-0.4, -0.2) is 38.2 Å². The van der Waals surface area contributed by atoms with E-state index >= 15 is 0 Å². The van der Waals surface area contributed by atoms with Gasteiger partial charge in [0, 0.05) is 22.1 Å². The maximum Gasteiger partial charge on any atom is 0.296 e. The van der Waals surface area contributed by atoms with Crippen molar-refractivity contribution in [1.29, 1.82) is 0 Å². The Morgan fingerprint density at radius 2 is 0.941 bits per heavy atom. The highest BCUT2D eigenvalue weighted by Gasteiger charge is 2.21. The molecule has 19 heteroatoms. The van der Waals surface area contributed by atoms with Crippen molar-refractivity contribution < 1.29 is 35.8 Å². The second kappa shape index (κ2) is 19.0. The number of phenols is 1. The summed E-state index contributed by atoms with van der Waals surface area (Å²) in [5, 5.41) is 50.8. The molecule has 0 fully saturated rings. The van der Waals surface area contributed by atoms with Gasteiger partial charge in [-0.25, -0.2) is 0 Å². The fourth-order valence-corrected chi connectivity index (χ4v) is 8.49. The minimum atomic E-state index is -4.80. The van der Waals surface area contributed by atoms with Crippen LogP contribution < -0.4 is 10.1 Å². The van der Waals surface area contributed by atoms with E-state index in [0.29, 0.717) is 50.8 Å². The van der Waals surface area contributed by atoms with Crippen LogP contribution in [0.5, 0.6) is 11.5 Å². The van der Waals surface area contributed by atoms with Gasteiger partial charge in [-0.15, -0.1) is 10.2 Å². The first-order valence-corrected chi connectivity index (χ1v) is 23.5. The molecule has 17 nitrogen and oxygen atoms in total. The first kappa shape index (κ1) is 46.4. The standard InChI is InChI=1S/C49H41N9O8S2/c1-28-21-37(13-19-41(28)53-51-36-14-20-42(29(2)22-36)54-58-46-27-40-32(26-48(46)68(63,64)65)7-6-8-47(40)67(60,61)62)52-56-44-23-31(4)45(24-30(44)3)57-55-43-18-9-33-25-35(12-17-39(33)49(43)59)50-34-10-15-38(66-5)16-11-34/h6-27,50,59H,1-5H3,(H,60,61,62)(H,63,64,65). The highest BCUT2D eigenvalue weighted by atomic mass is 32.2. The maximum atomic E-state index is 12.2. The summed E-state index contributed by atoms with van der Waals surface area (Å²) in [6.07, 6.45) is 0. The van der Waals surface area contributed by atoms with Gasteiger partial charge in [0.25, 0.3) is 20.2 Å². The SMILES string of the molecule is COc1ccc(Nc2ccc3c(O)c(N=Nc4cc(C)c(N=Nc5ccc(N=Nc6ccc(N=Nc7cc8c(S(=O)(=O)O)cccc8cc7S(=O)(=O)O)c(C)c6)c(C)c5)cc4C)ccc3c2)cc1. The van der Waals surface area contributed by atoms with E-state index in [1.54, 1.807) is 50.4 Å². The smallest absolute Gasteiger partial charge is 0.296 e. The average molecular weight is 948 g/mol. The largest absolute Gasteiger partial charge is 0.505 e. The summed E-state index contributed by atoms with van der Waals surface area (Å²) >= 11 is 0. The second-order valence-corrected chi connectivity index (χ2v) is 18.4. The fourth-order valence-electron chi connectivity index (χ4n) is 7.14. The van der Waals surface area contributed by atoms with Crippen molar-refractivity contribution in [2.75, 3.05) is 12.4 Å². The molecule has 0 saturated carbocycles. The lowest BCUT2D eigenvalue weighted by atomic mass is 10.1. The van der Waals surface area contributed by atoms with E-state index in [2.05, 4.69) is 46.2 Å². The number of nitrogens with zero attached hydrogens (tertiary/aromatic N) is 8. The monoisotopic (exact) mass is 947 g/mol. The molecular weight excluding hydrogens is 907 g/mol. The van der Waals surface area contributed by atoms with E-state index in [9.17, 15) is 31.0 Å². The van der Waals surface area contributed by atoms with Gasteiger partial charge in [0.05, 0.1) is 41.2 Å². The Balaban J connectivity index is 0.926. The predicted octanol–water partition coefficient (Wildman–Crippen LogP) is 14.8. The summed E-state index contributed by atoms with van der Waals surface area (Å²) in [4.78, 5) is -1.05. The number of rotatable bonds is 13. The second-order valence-electron chi connectivity index (χ2n) is 15.6. The van der Waals surface area contributed by atoms with E-state index in [1.165, 1.54) is 12.1 Å². The van der Waals surface area contributed by atoms with Gasteiger partial charge in [-0.1, -0.05) is 18.2 Å². The molecule has 68 heavy (non-hydrogen) atoms. The normalized spacial score (nSPS) is 12.4. The van der Waals surface area contributed by atoms with Crippen LogP contribution in [-0.2, 0) is 20.2 Å². The molecule has 0 bridgehead atoms. The topological polar surface area (TPSA) is 249 Å². The van der Waals surface area contributed by atoms with Gasteiger partial charge >= 0.3 is 0 Å². The summed E-state index contributed by atoms with van der Waals surface area (Å²) in [5.74, 6) is 0.797. The van der Waals surface area contributed by atoms with E-state index in [-0.39, 0.29) is 22.2 Å². The van der Waals surface area contributed by atoms with Crippen molar-refractivity contribution in [3.8, 4) is 11.5 Å². The molecule has 0 aromatic heterocycles. The van der Waals surface area contributed by atoms with Crippen molar-refractivity contribution in [3.63, 3.8) is 0 Å². The van der Waals surface area contributed by atoms with Gasteiger partial charge in [0.15, 0.2) is 5.75 Å². The van der Waals surface area contributed by atoms with Crippen LogP contribution in [0.4, 0.5) is 56.9 Å².